The molecule has 2 aromatic heterocycles. The number of nitrogens with zero attached hydrogens (tertiary/aromatic N) is 3. The largest absolute Gasteiger partial charge is 0.494 e. The predicted molar refractivity (Wildman–Crippen MR) is 134 cm³/mol. The number of carbonyl (C=O) groups is 2. The molecular weight excluding hydrogens is 521 g/mol. The number of halogens is 3. The molecule has 0 saturated carbocycles. The number of anilines is 2. The van der Waals surface area contributed by atoms with E-state index in [4.69, 9.17) is 44.8 Å². The van der Waals surface area contributed by atoms with Crippen LogP contribution in [0.15, 0.2) is 35.8 Å². The molecule has 0 bridgehead atoms. The zero-order valence-corrected chi connectivity index (χ0v) is 21.1. The fourth-order valence-electron chi connectivity index (χ4n) is 2.96. The van der Waals surface area contributed by atoms with E-state index in [0.29, 0.717) is 17.1 Å². The molecule has 12 heteroatoms. The van der Waals surface area contributed by atoms with Gasteiger partial charge in [0.25, 0.3) is 11.8 Å². The Hall–Kier alpha value is -2.87. The first kappa shape index (κ1) is 25.7. The number of ether oxygens (including phenoxy) is 1. The molecule has 3 rings (SSSR count). The van der Waals surface area contributed by atoms with Gasteiger partial charge in [-0.15, -0.1) is 11.3 Å². The second-order valence-electron chi connectivity index (χ2n) is 7.03. The van der Waals surface area contributed by atoms with Crippen LogP contribution in [0.25, 0.3) is 0 Å². The Kier molecular flexibility index (Phi) is 8.72. The van der Waals surface area contributed by atoms with Gasteiger partial charge in [-0.25, -0.2) is 4.98 Å². The monoisotopic (exact) mass is 537 g/mol. The summed E-state index contributed by atoms with van der Waals surface area (Å²) in [6, 6.07) is 8.06. The SMILES string of the molecule is COc1cc(Cl)cc(C(=O)Nc2ccc(Cl)cn2)c1NC(=O)c1scc(CN(C)CC#N)c1Cl. The summed E-state index contributed by atoms with van der Waals surface area (Å²) < 4.78 is 5.36. The van der Waals surface area contributed by atoms with Gasteiger partial charge in [0, 0.05) is 23.8 Å². The summed E-state index contributed by atoms with van der Waals surface area (Å²) in [7, 11) is 3.17. The molecule has 0 fully saturated rings. The zero-order valence-electron chi connectivity index (χ0n) is 18.0. The third kappa shape index (κ3) is 6.17. The quantitative estimate of drug-likeness (QED) is 0.363. The van der Waals surface area contributed by atoms with Crippen LogP contribution < -0.4 is 15.4 Å². The summed E-state index contributed by atoms with van der Waals surface area (Å²) in [6.07, 6.45) is 1.39. The average molecular weight is 539 g/mol. The van der Waals surface area contributed by atoms with Gasteiger partial charge in [0.05, 0.1) is 41.0 Å². The lowest BCUT2D eigenvalue weighted by Crippen LogP contribution is -2.19. The molecule has 8 nitrogen and oxygen atoms in total. The Morgan fingerprint density at radius 2 is 1.94 bits per heavy atom. The number of hydrogen-bond donors (Lipinski definition) is 2. The molecule has 2 N–H and O–H groups in total. The lowest BCUT2D eigenvalue weighted by atomic mass is 10.1. The van der Waals surface area contributed by atoms with Crippen LogP contribution in [0.1, 0.15) is 25.6 Å². The first-order valence-corrected chi connectivity index (χ1v) is 11.7. The lowest BCUT2D eigenvalue weighted by Gasteiger charge is -2.16. The van der Waals surface area contributed by atoms with Crippen LogP contribution in [0.3, 0.4) is 0 Å². The summed E-state index contributed by atoms with van der Waals surface area (Å²) in [5.41, 5.74) is 0.900. The first-order valence-electron chi connectivity index (χ1n) is 9.66. The predicted octanol–water partition coefficient (Wildman–Crippen LogP) is 5.57. The van der Waals surface area contributed by atoms with Crippen molar-refractivity contribution in [3.8, 4) is 11.8 Å². The van der Waals surface area contributed by atoms with Crippen LogP contribution in [-0.4, -0.2) is 42.4 Å². The number of amides is 2. The number of pyridine rings is 1. The van der Waals surface area contributed by atoms with Crippen LogP contribution in [0.2, 0.25) is 15.1 Å². The maximum Gasteiger partial charge on any atom is 0.267 e. The van der Waals surface area contributed by atoms with Crippen LogP contribution in [0.5, 0.6) is 5.75 Å². The van der Waals surface area contributed by atoms with E-state index < -0.39 is 11.8 Å². The van der Waals surface area contributed by atoms with E-state index in [9.17, 15) is 9.59 Å². The standard InChI is InChI=1S/C22H18Cl3N5O3S/c1-30(6-5-26)10-12-11-34-20(18(12)25)22(32)29-19-15(7-14(24)8-16(19)33-2)21(31)28-17-4-3-13(23)9-27-17/h3-4,7-9,11H,6,10H2,1-2H3,(H,29,32)(H,27,28,31). The Morgan fingerprint density at radius 1 is 1.18 bits per heavy atom. The summed E-state index contributed by atoms with van der Waals surface area (Å²) in [5, 5.41) is 16.9. The van der Waals surface area contributed by atoms with Gasteiger partial charge in [-0.3, -0.25) is 14.5 Å². The van der Waals surface area contributed by atoms with Crippen molar-refractivity contribution >= 4 is 69.5 Å². The second kappa shape index (κ2) is 11.5. The zero-order chi connectivity index (χ0) is 24.8. The van der Waals surface area contributed by atoms with Crippen molar-refractivity contribution < 1.29 is 14.3 Å². The molecule has 0 radical (unpaired) electrons. The van der Waals surface area contributed by atoms with Crippen molar-refractivity contribution in [2.45, 2.75) is 6.54 Å². The van der Waals surface area contributed by atoms with Crippen molar-refractivity contribution in [2.24, 2.45) is 0 Å². The van der Waals surface area contributed by atoms with E-state index in [0.717, 1.165) is 11.3 Å². The minimum Gasteiger partial charge on any atom is -0.494 e. The van der Waals surface area contributed by atoms with E-state index in [2.05, 4.69) is 21.7 Å². The number of nitriles is 1. The van der Waals surface area contributed by atoms with Gasteiger partial charge in [0.15, 0.2) is 0 Å². The van der Waals surface area contributed by atoms with E-state index in [-0.39, 0.29) is 44.3 Å². The Balaban J connectivity index is 1.90. The maximum atomic E-state index is 13.1. The lowest BCUT2D eigenvalue weighted by molar-refractivity contribution is 0.102. The first-order chi connectivity index (χ1) is 16.2. The summed E-state index contributed by atoms with van der Waals surface area (Å²) in [4.78, 5) is 32.2. The highest BCUT2D eigenvalue weighted by Crippen LogP contribution is 2.35. The third-order valence-corrected chi connectivity index (χ3v) is 6.54. The molecule has 2 heterocycles. The molecule has 2 amide bonds. The average Bonchev–Trinajstić information content (AvgIpc) is 3.16. The van der Waals surface area contributed by atoms with E-state index in [1.807, 2.05) is 0 Å². The Morgan fingerprint density at radius 3 is 2.59 bits per heavy atom. The van der Waals surface area contributed by atoms with Crippen LogP contribution >= 0.6 is 46.1 Å². The Labute approximate surface area is 215 Å². The number of benzene rings is 1. The fourth-order valence-corrected chi connectivity index (χ4v) is 4.52. The molecule has 0 spiro atoms. The topological polar surface area (TPSA) is 107 Å². The van der Waals surface area contributed by atoms with Gasteiger partial charge in [-0.05, 0) is 36.2 Å². The highest BCUT2D eigenvalue weighted by Gasteiger charge is 2.23. The van der Waals surface area contributed by atoms with Gasteiger partial charge < -0.3 is 15.4 Å². The number of nitrogens with one attached hydrogen (secondary N) is 2. The molecular formula is C22H18Cl3N5O3S. The maximum absolute atomic E-state index is 13.1. The number of methoxy groups -OCH3 is 1. The van der Waals surface area contributed by atoms with Gasteiger partial charge in [0.2, 0.25) is 0 Å². The molecule has 3 aromatic rings. The molecule has 0 aliphatic heterocycles. The smallest absolute Gasteiger partial charge is 0.267 e. The van der Waals surface area contributed by atoms with E-state index in [1.54, 1.807) is 23.4 Å². The highest BCUT2D eigenvalue weighted by atomic mass is 35.5. The van der Waals surface area contributed by atoms with Gasteiger partial charge >= 0.3 is 0 Å². The number of rotatable bonds is 8. The second-order valence-corrected chi connectivity index (χ2v) is 9.17. The number of carbonyl (C=O) groups excluding carboxylic acids is 2. The van der Waals surface area contributed by atoms with Crippen LogP contribution in [0, 0.1) is 11.3 Å². The van der Waals surface area contributed by atoms with Crippen molar-refractivity contribution in [1.82, 2.24) is 9.88 Å². The number of thiophene rings is 1. The minimum atomic E-state index is -0.568. The number of aromatic nitrogens is 1. The molecule has 0 aliphatic carbocycles. The van der Waals surface area contributed by atoms with Gasteiger partial charge in [-0.2, -0.15) is 5.26 Å². The molecule has 176 valence electrons. The summed E-state index contributed by atoms with van der Waals surface area (Å²) in [5.74, 6) is -0.639. The molecule has 0 aliphatic rings. The van der Waals surface area contributed by atoms with Crippen molar-refractivity contribution in [2.75, 3.05) is 31.3 Å². The molecule has 1 aromatic carbocycles. The fraction of sp³-hybridized carbons (Fsp3) is 0.182. The van der Waals surface area contributed by atoms with Crippen LogP contribution in [0.4, 0.5) is 11.5 Å². The molecule has 0 saturated heterocycles. The van der Waals surface area contributed by atoms with E-state index in [1.165, 1.54) is 31.5 Å². The number of hydrogen-bond acceptors (Lipinski definition) is 7. The molecule has 34 heavy (non-hydrogen) atoms. The Bertz CT molecular complexity index is 1260. The highest BCUT2D eigenvalue weighted by molar-refractivity contribution is 7.13. The molecule has 0 unspecified atom stereocenters. The van der Waals surface area contributed by atoms with Gasteiger partial charge in [0.1, 0.15) is 16.4 Å². The summed E-state index contributed by atoms with van der Waals surface area (Å²) >= 11 is 19.6. The van der Waals surface area contributed by atoms with Crippen molar-refractivity contribution in [1.29, 1.82) is 5.26 Å². The van der Waals surface area contributed by atoms with Gasteiger partial charge in [-0.1, -0.05) is 34.8 Å². The van der Waals surface area contributed by atoms with Crippen LogP contribution in [-0.2, 0) is 6.54 Å². The van der Waals surface area contributed by atoms with Crippen molar-refractivity contribution in [3.05, 3.63) is 66.9 Å². The normalized spacial score (nSPS) is 10.6. The van der Waals surface area contributed by atoms with E-state index >= 15 is 0 Å². The third-order valence-electron chi connectivity index (χ3n) is 4.53. The van der Waals surface area contributed by atoms with Crippen molar-refractivity contribution in [3.63, 3.8) is 0 Å². The molecule has 0 atom stereocenters. The minimum absolute atomic E-state index is 0.0658. The summed E-state index contributed by atoms with van der Waals surface area (Å²) in [6.45, 7) is 0.624.